The Hall–Kier alpha value is -2.62. The molecule has 0 radical (unpaired) electrons. The average molecular weight is 728 g/mol. The molecule has 0 amide bonds. The molecule has 12 atom stereocenters. The van der Waals surface area contributed by atoms with E-state index in [9.17, 15) is 9.90 Å². The van der Waals surface area contributed by atoms with Crippen molar-refractivity contribution in [3.63, 3.8) is 0 Å². The topological polar surface area (TPSA) is 125 Å². The Morgan fingerprint density at radius 3 is 2.43 bits per heavy atom. The van der Waals surface area contributed by atoms with E-state index in [1.165, 1.54) is 5.57 Å². The highest BCUT2D eigenvalue weighted by Gasteiger charge is 2.72. The Kier molecular flexibility index (Phi) is 8.58. The number of carboxylic acids is 1. The summed E-state index contributed by atoms with van der Waals surface area (Å²) in [6, 6.07) is 3.92. The molecule has 3 N–H and O–H groups in total. The predicted molar refractivity (Wildman–Crippen MR) is 206 cm³/mol. The van der Waals surface area contributed by atoms with Crippen LogP contribution < -0.4 is 5.73 Å². The zero-order chi connectivity index (χ0) is 38.0. The van der Waals surface area contributed by atoms with Crippen LogP contribution in [-0.2, 0) is 14.3 Å². The van der Waals surface area contributed by atoms with Gasteiger partial charge in [-0.1, -0.05) is 67.0 Å². The van der Waals surface area contributed by atoms with Gasteiger partial charge in [0, 0.05) is 34.3 Å². The highest BCUT2D eigenvalue weighted by atomic mass is 16.5. The first-order chi connectivity index (χ1) is 24.9. The molecule has 6 aliphatic rings. The summed E-state index contributed by atoms with van der Waals surface area (Å²) in [5, 5.41) is 16.1. The van der Waals surface area contributed by atoms with Gasteiger partial charge in [-0.15, -0.1) is 0 Å². The van der Waals surface area contributed by atoms with Crippen LogP contribution in [0.1, 0.15) is 120 Å². The van der Waals surface area contributed by atoms with Gasteiger partial charge in [-0.25, -0.2) is 9.67 Å². The van der Waals surface area contributed by atoms with Crippen molar-refractivity contribution in [1.29, 1.82) is 0 Å². The van der Waals surface area contributed by atoms with E-state index in [1.54, 1.807) is 6.33 Å². The number of aromatic nitrogens is 4. The van der Waals surface area contributed by atoms with Crippen molar-refractivity contribution >= 4 is 5.97 Å². The maximum Gasteiger partial charge on any atom is 0.307 e. The molecule has 5 fully saturated rings. The minimum absolute atomic E-state index is 0.0876. The minimum atomic E-state index is -0.620. The van der Waals surface area contributed by atoms with E-state index in [-0.39, 0.29) is 44.6 Å². The normalized spacial score (nSPS) is 43.1. The molecule has 8 rings (SSSR count). The molecule has 2 bridgehead atoms. The number of nitrogens with two attached hydrogens (primary N) is 1. The summed E-state index contributed by atoms with van der Waals surface area (Å²) >= 11 is 0. The van der Waals surface area contributed by atoms with Crippen LogP contribution in [0.3, 0.4) is 0 Å². The molecule has 290 valence electrons. The van der Waals surface area contributed by atoms with Gasteiger partial charge in [0.15, 0.2) is 5.82 Å². The Bertz CT molecular complexity index is 1770. The van der Waals surface area contributed by atoms with E-state index in [4.69, 9.17) is 25.3 Å². The minimum Gasteiger partial charge on any atom is -0.481 e. The van der Waals surface area contributed by atoms with Crippen molar-refractivity contribution in [3.8, 4) is 11.4 Å². The van der Waals surface area contributed by atoms with E-state index < -0.39 is 17.4 Å². The lowest BCUT2D eigenvalue weighted by Gasteiger charge is -2.71. The Morgan fingerprint density at radius 2 is 1.77 bits per heavy atom. The second-order valence-corrected chi connectivity index (χ2v) is 20.6. The zero-order valence-corrected chi connectivity index (χ0v) is 33.8. The van der Waals surface area contributed by atoms with Crippen LogP contribution >= 0.6 is 0 Å². The highest BCUT2D eigenvalue weighted by molar-refractivity contribution is 5.73. The van der Waals surface area contributed by atoms with E-state index in [1.807, 2.05) is 24.5 Å². The van der Waals surface area contributed by atoms with Crippen molar-refractivity contribution in [2.24, 2.45) is 67.8 Å². The third kappa shape index (κ3) is 5.10. The Labute approximate surface area is 317 Å². The molecule has 1 saturated heterocycles. The van der Waals surface area contributed by atoms with Crippen molar-refractivity contribution in [2.75, 3.05) is 19.8 Å². The number of allylic oxidation sites excluding steroid dienone is 1. The van der Waals surface area contributed by atoms with Gasteiger partial charge in [-0.05, 0) is 116 Å². The van der Waals surface area contributed by atoms with Gasteiger partial charge in [-0.3, -0.25) is 9.78 Å². The fourth-order valence-electron chi connectivity index (χ4n) is 13.5. The smallest absolute Gasteiger partial charge is 0.307 e. The summed E-state index contributed by atoms with van der Waals surface area (Å²) in [5.74, 6) is 1.17. The first-order valence-electron chi connectivity index (χ1n) is 20.6. The number of ether oxygens (including phenoxy) is 2. The molecule has 2 aromatic rings. The highest BCUT2D eigenvalue weighted by Crippen LogP contribution is 2.75. The summed E-state index contributed by atoms with van der Waals surface area (Å²) in [6.07, 6.45) is 15.6. The van der Waals surface area contributed by atoms with Gasteiger partial charge in [0.25, 0.3) is 0 Å². The standard InChI is InChI=1S/C44H65N5O4/c1-27(2)28(3)39(5)18-19-41(7)30-10-11-33-40(6)23-52-25-44(33,31(30)12-15-42(41,8)34(39)37(50)51)22-32(35(40)53-24-43(9,45)38(4)16-17-38)49-36(47-26-48-49)29-13-20-46-21-14-29/h12-14,20-21,26-28,30,32-35H,10-11,15-19,22-25,45H2,1-9H3,(H,50,51)/t28-,30+,32-,33+,34-,35+,39-,40+,41-,42+,43+,44?/m1/s1. The van der Waals surface area contributed by atoms with Crippen molar-refractivity contribution < 1.29 is 19.4 Å². The SMILES string of the molecule is CC(C)[C@@H](C)[C@@]1(C)CC[C@]2(C)[C@H]3CC[C@@H]4C5(COC[C@]4(C)[C@@H](OC[C@](C)(N)C4(C)CC4)[C@H](n4ncnc4-c4ccncc4)C5)C3=CC[C@@]2(C)[C@@H]1C(=O)O. The monoisotopic (exact) mass is 728 g/mol. The molecule has 1 unspecified atom stereocenters. The molecule has 0 aromatic carbocycles. The quantitative estimate of drug-likeness (QED) is 0.247. The first kappa shape index (κ1) is 37.3. The Morgan fingerprint density at radius 1 is 1.06 bits per heavy atom. The molecule has 2 aromatic heterocycles. The maximum atomic E-state index is 13.6. The van der Waals surface area contributed by atoms with Crippen LogP contribution in [0.25, 0.3) is 11.4 Å². The number of fused-ring (bicyclic) bond motifs is 3. The number of pyridine rings is 1. The number of carbonyl (C=O) groups is 1. The summed E-state index contributed by atoms with van der Waals surface area (Å²) in [4.78, 5) is 22.7. The van der Waals surface area contributed by atoms with Crippen molar-refractivity contribution in [3.05, 3.63) is 42.5 Å². The van der Waals surface area contributed by atoms with Gasteiger partial charge in [0.05, 0.1) is 37.9 Å². The van der Waals surface area contributed by atoms with Crippen LogP contribution in [0, 0.1) is 62.1 Å². The van der Waals surface area contributed by atoms with Crippen molar-refractivity contribution in [2.45, 2.75) is 131 Å². The maximum absolute atomic E-state index is 13.6. The summed E-state index contributed by atoms with van der Waals surface area (Å²) in [6.45, 7) is 22.5. The van der Waals surface area contributed by atoms with E-state index in [0.29, 0.717) is 43.5 Å². The second-order valence-electron chi connectivity index (χ2n) is 20.6. The first-order valence-corrected chi connectivity index (χ1v) is 20.6. The lowest BCUT2D eigenvalue weighted by molar-refractivity contribution is -0.252. The predicted octanol–water partition coefficient (Wildman–Crippen LogP) is 8.37. The third-order valence-corrected chi connectivity index (χ3v) is 17.9. The molecular weight excluding hydrogens is 663 g/mol. The molecular formula is C44H65N5O4. The second kappa shape index (κ2) is 12.2. The number of hydrogen-bond acceptors (Lipinski definition) is 7. The van der Waals surface area contributed by atoms with E-state index in [0.717, 1.165) is 62.8 Å². The van der Waals surface area contributed by atoms with E-state index >= 15 is 0 Å². The van der Waals surface area contributed by atoms with Gasteiger partial charge >= 0.3 is 5.97 Å². The number of carboxylic acid groups (broad SMARTS) is 1. The summed E-state index contributed by atoms with van der Waals surface area (Å²) in [5.41, 5.74) is 7.93. The van der Waals surface area contributed by atoms with Crippen LogP contribution in [0.5, 0.6) is 0 Å². The lowest BCUT2D eigenvalue weighted by atomic mass is 9.34. The Balaban J connectivity index is 1.24. The largest absolute Gasteiger partial charge is 0.481 e. The van der Waals surface area contributed by atoms with Crippen LogP contribution in [0.15, 0.2) is 42.5 Å². The fraction of sp³-hybridized carbons (Fsp3) is 0.773. The fourth-order valence-corrected chi connectivity index (χ4v) is 13.5. The van der Waals surface area contributed by atoms with Gasteiger partial charge < -0.3 is 20.3 Å². The summed E-state index contributed by atoms with van der Waals surface area (Å²) in [7, 11) is 0. The third-order valence-electron chi connectivity index (χ3n) is 17.9. The number of hydrogen-bond donors (Lipinski definition) is 2. The number of aliphatic carboxylic acids is 1. The zero-order valence-electron chi connectivity index (χ0n) is 33.8. The number of rotatable bonds is 9. The molecule has 3 heterocycles. The van der Waals surface area contributed by atoms with Crippen LogP contribution in [0.4, 0.5) is 0 Å². The van der Waals surface area contributed by atoms with Crippen LogP contribution in [-0.4, -0.2) is 62.3 Å². The molecule has 53 heavy (non-hydrogen) atoms. The molecule has 4 saturated carbocycles. The van der Waals surface area contributed by atoms with Crippen LogP contribution in [0.2, 0.25) is 0 Å². The van der Waals surface area contributed by atoms with Gasteiger partial charge in [0.2, 0.25) is 0 Å². The molecule has 9 heteroatoms. The molecule has 0 spiro atoms. The average Bonchev–Trinajstić information content (AvgIpc) is 3.69. The molecule has 9 nitrogen and oxygen atoms in total. The molecule has 1 aliphatic heterocycles. The van der Waals surface area contributed by atoms with Crippen molar-refractivity contribution in [1.82, 2.24) is 19.7 Å². The number of nitrogens with zero attached hydrogens (tertiary/aromatic N) is 4. The van der Waals surface area contributed by atoms with Gasteiger partial charge in [-0.2, -0.15) is 5.10 Å². The summed E-state index contributed by atoms with van der Waals surface area (Å²) < 4.78 is 16.2. The lowest BCUT2D eigenvalue weighted by Crippen LogP contribution is -2.69. The van der Waals surface area contributed by atoms with Gasteiger partial charge in [0.1, 0.15) is 6.33 Å². The van der Waals surface area contributed by atoms with E-state index in [2.05, 4.69) is 78.1 Å². The molecule has 5 aliphatic carbocycles.